The van der Waals surface area contributed by atoms with Crippen molar-refractivity contribution in [1.29, 1.82) is 0 Å². The van der Waals surface area contributed by atoms with Gasteiger partial charge < -0.3 is 10.4 Å². The number of nitrogens with one attached hydrogen (secondary N) is 1. The van der Waals surface area contributed by atoms with Crippen LogP contribution in [-0.4, -0.2) is 65.0 Å². The van der Waals surface area contributed by atoms with Crippen LogP contribution in [0.25, 0.3) is 16.6 Å². The zero-order valence-electron chi connectivity index (χ0n) is 19.1. The highest BCUT2D eigenvalue weighted by Gasteiger charge is 2.28. The number of carbonyl (C=O) groups excluding carboxylic acids is 1. The zero-order chi connectivity index (χ0) is 24.9. The van der Waals surface area contributed by atoms with E-state index in [0.717, 1.165) is 11.3 Å². The number of nitrogens with zero attached hydrogens (tertiary/aromatic N) is 5. The molecule has 2 aromatic heterocycles. The van der Waals surface area contributed by atoms with E-state index in [1.54, 1.807) is 31.2 Å². The normalized spacial score (nSPS) is 15.9. The average Bonchev–Trinajstić information content (AvgIpc) is 3.23. The van der Waals surface area contributed by atoms with Crippen LogP contribution in [0.4, 0.5) is 5.69 Å². The van der Waals surface area contributed by atoms with Crippen molar-refractivity contribution in [3.8, 4) is 0 Å². The number of benzene rings is 2. The van der Waals surface area contributed by atoms with Gasteiger partial charge in [-0.3, -0.25) is 14.5 Å². The molecule has 0 bridgehead atoms. The molecule has 1 aliphatic heterocycles. The maximum Gasteiger partial charge on any atom is 0.281 e. The summed E-state index contributed by atoms with van der Waals surface area (Å²) in [6.07, 6.45) is 0.703. The minimum atomic E-state index is -4.02. The molecule has 1 fully saturated rings. The fourth-order valence-electron chi connectivity index (χ4n) is 4.31. The number of aromatic amines is 1. The van der Waals surface area contributed by atoms with Crippen LogP contribution in [0.2, 0.25) is 0 Å². The second kappa shape index (κ2) is 8.71. The van der Waals surface area contributed by atoms with Crippen molar-refractivity contribution in [3.63, 3.8) is 0 Å². The molecule has 1 amide bonds. The number of sulfone groups is 1. The van der Waals surface area contributed by atoms with Gasteiger partial charge in [-0.2, -0.15) is 4.98 Å². The first-order chi connectivity index (χ1) is 16.6. The van der Waals surface area contributed by atoms with Crippen molar-refractivity contribution in [2.45, 2.75) is 23.8 Å². The van der Waals surface area contributed by atoms with Crippen molar-refractivity contribution in [1.82, 2.24) is 24.7 Å². The summed E-state index contributed by atoms with van der Waals surface area (Å²) in [5.41, 5.74) is 7.62. The van der Waals surface area contributed by atoms with Crippen molar-refractivity contribution in [3.05, 3.63) is 57.9 Å². The molecule has 182 valence electrons. The molecule has 1 atom stereocenters. The number of hydrogen-bond donors (Lipinski definition) is 2. The Bertz CT molecular complexity index is 1640. The van der Waals surface area contributed by atoms with E-state index in [4.69, 9.17) is 5.73 Å². The molecule has 0 aliphatic carbocycles. The summed E-state index contributed by atoms with van der Waals surface area (Å²) in [6, 6.07) is 10.4. The predicted octanol–water partition coefficient (Wildman–Crippen LogP) is 1.18. The lowest BCUT2D eigenvalue weighted by molar-refractivity contribution is -0.118. The molecule has 35 heavy (non-hydrogen) atoms. The van der Waals surface area contributed by atoms with E-state index in [1.807, 2.05) is 24.0 Å². The molecule has 2 aromatic carbocycles. The van der Waals surface area contributed by atoms with Gasteiger partial charge in [-0.05, 0) is 52.4 Å². The Morgan fingerprint density at radius 2 is 1.97 bits per heavy atom. The predicted molar refractivity (Wildman–Crippen MR) is 134 cm³/mol. The number of amides is 1. The second-order valence-corrected chi connectivity index (χ2v) is 11.6. The lowest BCUT2D eigenvalue weighted by Crippen LogP contribution is -2.42. The van der Waals surface area contributed by atoms with Gasteiger partial charge in [0.25, 0.3) is 5.56 Å². The van der Waals surface area contributed by atoms with Crippen molar-refractivity contribution in [2.75, 3.05) is 30.6 Å². The topological polar surface area (TPSA) is 147 Å². The van der Waals surface area contributed by atoms with Gasteiger partial charge in [0.2, 0.25) is 20.8 Å². The molecule has 0 spiro atoms. The fourth-order valence-corrected chi connectivity index (χ4v) is 7.01. The van der Waals surface area contributed by atoms with Gasteiger partial charge in [0.15, 0.2) is 5.65 Å². The number of anilines is 1. The van der Waals surface area contributed by atoms with Crippen LogP contribution in [0.3, 0.4) is 0 Å². The van der Waals surface area contributed by atoms with E-state index in [9.17, 15) is 18.0 Å². The summed E-state index contributed by atoms with van der Waals surface area (Å²) < 4.78 is 30.5. The molecule has 0 saturated carbocycles. The first kappa shape index (κ1) is 23.4. The number of carbonyl (C=O) groups is 1. The number of rotatable bonds is 5. The van der Waals surface area contributed by atoms with Gasteiger partial charge in [0, 0.05) is 25.1 Å². The number of aromatic nitrogens is 4. The summed E-state index contributed by atoms with van der Waals surface area (Å²) in [7, 11) is -3.62. The largest absolute Gasteiger partial charge is 0.369 e. The number of fused-ring (bicyclic) bond motifs is 3. The molecular formula is C22H24N7O4PS. The quantitative estimate of drug-likeness (QED) is 0.378. The second-order valence-electron chi connectivity index (χ2n) is 8.55. The van der Waals surface area contributed by atoms with Crippen LogP contribution in [0, 0.1) is 13.8 Å². The molecule has 1 aliphatic rings. The third kappa shape index (κ3) is 4.18. The number of hydrogen-bond acceptors (Lipinski definition) is 8. The highest BCUT2D eigenvalue weighted by atomic mass is 32.2. The van der Waals surface area contributed by atoms with Gasteiger partial charge in [-0.25, -0.2) is 18.1 Å². The molecule has 13 heteroatoms. The maximum absolute atomic E-state index is 13.4. The molecule has 1 saturated heterocycles. The van der Waals surface area contributed by atoms with Crippen LogP contribution in [0.5, 0.6) is 0 Å². The van der Waals surface area contributed by atoms with Crippen LogP contribution < -0.4 is 16.0 Å². The Hall–Kier alpha value is -3.34. The molecule has 0 radical (unpaired) electrons. The number of H-pyrrole nitrogens is 1. The fraction of sp³-hybridized carbons (Fsp3) is 0.273. The van der Waals surface area contributed by atoms with Crippen molar-refractivity contribution < 1.29 is 13.2 Å². The van der Waals surface area contributed by atoms with Crippen molar-refractivity contribution >= 4 is 46.7 Å². The Kier molecular flexibility index (Phi) is 5.82. The highest BCUT2D eigenvalue weighted by Crippen LogP contribution is 2.33. The Balaban J connectivity index is 1.57. The van der Waals surface area contributed by atoms with Crippen LogP contribution in [0.15, 0.2) is 51.1 Å². The van der Waals surface area contributed by atoms with Crippen LogP contribution in [0.1, 0.15) is 11.1 Å². The van der Waals surface area contributed by atoms with E-state index in [2.05, 4.69) is 20.0 Å². The first-order valence-electron chi connectivity index (χ1n) is 10.9. The van der Waals surface area contributed by atoms with E-state index in [0.29, 0.717) is 44.6 Å². The minimum Gasteiger partial charge on any atom is -0.369 e. The molecule has 5 rings (SSSR count). The van der Waals surface area contributed by atoms with Crippen LogP contribution >= 0.6 is 8.73 Å². The Labute approximate surface area is 202 Å². The van der Waals surface area contributed by atoms with E-state index >= 15 is 0 Å². The van der Waals surface area contributed by atoms with Gasteiger partial charge in [-0.1, -0.05) is 17.7 Å². The molecular weight excluding hydrogens is 489 g/mol. The summed E-state index contributed by atoms with van der Waals surface area (Å²) in [5.74, 6) is -0.353. The lowest BCUT2D eigenvalue weighted by Gasteiger charge is -2.35. The standard InChI is InChI=1S/C22H24N7O4PS/c1-13-3-6-18(14(2)9-13)35(32,33)22-20-24-21(31)16-5-4-15(10-17(16)29(20)26-25-22)28-8-7-27(12-34-28)11-19(23)30/h3-6,9-10,26,34H,7-8,11-12H2,1-2H3,(H2,23,30). The third-order valence-electron chi connectivity index (χ3n) is 6.01. The molecule has 3 N–H and O–H groups in total. The minimum absolute atomic E-state index is 0.0478. The monoisotopic (exact) mass is 513 g/mol. The number of nitrogens with two attached hydrogens (primary N) is 1. The van der Waals surface area contributed by atoms with E-state index < -0.39 is 15.4 Å². The van der Waals surface area contributed by atoms with Crippen molar-refractivity contribution in [2.24, 2.45) is 5.73 Å². The Morgan fingerprint density at radius 3 is 2.66 bits per heavy atom. The Morgan fingerprint density at radius 1 is 1.17 bits per heavy atom. The first-order valence-corrected chi connectivity index (χ1v) is 13.5. The SMILES string of the molecule is Cc1ccc(S(=O)(=O)c2n[nH]n3c2nc(=O)c2ccc(N4CCN(CC(N)=O)CP4)cc23)c(C)c1. The van der Waals surface area contributed by atoms with E-state index in [-0.39, 0.29) is 28.0 Å². The molecule has 3 heterocycles. The molecule has 4 aromatic rings. The highest BCUT2D eigenvalue weighted by molar-refractivity contribution is 7.91. The molecule has 11 nitrogen and oxygen atoms in total. The average molecular weight is 514 g/mol. The summed E-state index contributed by atoms with van der Waals surface area (Å²) >= 11 is 0. The summed E-state index contributed by atoms with van der Waals surface area (Å²) in [6.45, 7) is 5.21. The van der Waals surface area contributed by atoms with Crippen LogP contribution in [-0.2, 0) is 14.6 Å². The smallest absolute Gasteiger partial charge is 0.281 e. The third-order valence-corrected chi connectivity index (χ3v) is 9.28. The summed E-state index contributed by atoms with van der Waals surface area (Å²) in [4.78, 5) is 30.2. The summed E-state index contributed by atoms with van der Waals surface area (Å²) in [5, 5.41) is 6.85. The number of primary amides is 1. The number of aryl methyl sites for hydroxylation is 2. The van der Waals surface area contributed by atoms with Gasteiger partial charge in [0.1, 0.15) is 0 Å². The van der Waals surface area contributed by atoms with Gasteiger partial charge in [0.05, 0.1) is 22.3 Å². The molecule has 1 unspecified atom stereocenters. The van der Waals surface area contributed by atoms with Gasteiger partial charge in [-0.15, -0.1) is 5.10 Å². The van der Waals surface area contributed by atoms with Gasteiger partial charge >= 0.3 is 0 Å². The maximum atomic E-state index is 13.4. The van der Waals surface area contributed by atoms with E-state index in [1.165, 1.54) is 4.52 Å². The zero-order valence-corrected chi connectivity index (χ0v) is 21.0. The lowest BCUT2D eigenvalue weighted by atomic mass is 10.2.